The van der Waals surface area contributed by atoms with Crippen molar-refractivity contribution in [2.45, 2.75) is 19.4 Å². The molecule has 2 N–H and O–H groups in total. The van der Waals surface area contributed by atoms with Crippen LogP contribution in [0.4, 0.5) is 4.39 Å². The number of benzene rings is 2. The lowest BCUT2D eigenvalue weighted by atomic mass is 10.00. The van der Waals surface area contributed by atoms with E-state index in [1.807, 2.05) is 43.3 Å². The van der Waals surface area contributed by atoms with Crippen LogP contribution in [0.2, 0.25) is 0 Å². The summed E-state index contributed by atoms with van der Waals surface area (Å²) in [5, 5.41) is 0.507. The van der Waals surface area contributed by atoms with Crippen molar-refractivity contribution in [2.75, 3.05) is 12.8 Å². The van der Waals surface area contributed by atoms with Gasteiger partial charge in [-0.2, -0.15) is 0 Å². The summed E-state index contributed by atoms with van der Waals surface area (Å²) in [5.41, 5.74) is 8.74. The maximum absolute atomic E-state index is 15.7. The molecule has 2 atom stereocenters. The van der Waals surface area contributed by atoms with Gasteiger partial charge in [0.1, 0.15) is 11.4 Å². The van der Waals surface area contributed by atoms with E-state index in [4.69, 9.17) is 5.73 Å². The molecule has 174 valence electrons. The molecule has 0 saturated carbocycles. The minimum Gasteiger partial charge on any atom is -0.369 e. The maximum atomic E-state index is 15.7. The number of aryl methyl sites for hydroxylation is 1. The Morgan fingerprint density at radius 3 is 2.44 bits per heavy atom. The number of nitrogens with two attached hydrogens (primary N) is 1. The van der Waals surface area contributed by atoms with Gasteiger partial charge in [-0.25, -0.2) is 23.6 Å². The van der Waals surface area contributed by atoms with Crippen LogP contribution in [0, 0.1) is 12.7 Å². The largest absolute Gasteiger partial charge is 0.369 e. The normalized spacial score (nSPS) is 22.7. The fourth-order valence-corrected chi connectivity index (χ4v) is 7.24. The second kappa shape index (κ2) is 7.89. The molecule has 1 aliphatic heterocycles. The molecule has 0 fully saturated rings. The van der Waals surface area contributed by atoms with E-state index in [0.717, 1.165) is 27.0 Å². The Balaban J connectivity index is 1.60. The van der Waals surface area contributed by atoms with Crippen molar-refractivity contribution in [3.63, 3.8) is 0 Å². The summed E-state index contributed by atoms with van der Waals surface area (Å²) in [5.74, 6) is 4.31. The van der Waals surface area contributed by atoms with Gasteiger partial charge in [-0.1, -0.05) is 42.5 Å². The summed E-state index contributed by atoms with van der Waals surface area (Å²) in [7, 11) is -1.12. The van der Waals surface area contributed by atoms with Crippen LogP contribution in [0.3, 0.4) is 0 Å². The molecule has 0 saturated heterocycles. The van der Waals surface area contributed by atoms with E-state index in [2.05, 4.69) is 20.8 Å². The summed E-state index contributed by atoms with van der Waals surface area (Å²) in [6, 6.07) is 13.5. The van der Waals surface area contributed by atoms with Crippen molar-refractivity contribution < 1.29 is 8.60 Å². The Bertz CT molecular complexity index is 1540. The van der Waals surface area contributed by atoms with Crippen molar-refractivity contribution in [1.82, 2.24) is 14.3 Å². The molecule has 4 aromatic rings. The lowest BCUT2D eigenvalue weighted by Crippen LogP contribution is -2.50. The molecular weight excluding hydrogens is 469 g/mol. The number of halogens is 1. The molecule has 2 aromatic heterocycles. The van der Waals surface area contributed by atoms with Crippen molar-refractivity contribution in [3.8, 4) is 22.5 Å². The van der Waals surface area contributed by atoms with Crippen LogP contribution in [-0.2, 0) is 15.2 Å². The second-order valence-corrected chi connectivity index (χ2v) is 12.1. The highest BCUT2D eigenvalue weighted by atomic mass is 32.2. The van der Waals surface area contributed by atoms with Crippen LogP contribution < -0.4 is 5.73 Å². The number of hydrogen-bond donors (Lipinski definition) is 1. The standard InChI is InChI=1S/C25H24FN5OS2/c1-15-12-28-23(29-13-15)17-10-8-16(9-11-17)18-6-5-7-19-20(26)22(33-21(18)19)25(2)14-34(4,32)31(3)24(27)30-25/h5-13H,4,14H2,1-3H3,(H2,27,30)/t25-,34?/m0/s1. The van der Waals surface area contributed by atoms with Crippen LogP contribution in [-0.4, -0.2) is 43.1 Å². The summed E-state index contributed by atoms with van der Waals surface area (Å²) >= 11 is 1.32. The van der Waals surface area contributed by atoms with E-state index in [1.54, 1.807) is 32.4 Å². The van der Waals surface area contributed by atoms with Gasteiger partial charge in [0.05, 0.1) is 20.3 Å². The molecule has 0 aliphatic carbocycles. The number of guanidine groups is 1. The average molecular weight is 494 g/mol. The zero-order valence-corrected chi connectivity index (χ0v) is 20.7. The minimum absolute atomic E-state index is 0.0848. The van der Waals surface area contributed by atoms with E-state index < -0.39 is 15.2 Å². The van der Waals surface area contributed by atoms with Crippen LogP contribution in [0.1, 0.15) is 17.4 Å². The van der Waals surface area contributed by atoms with Crippen LogP contribution in [0.5, 0.6) is 0 Å². The Labute approximate surface area is 202 Å². The van der Waals surface area contributed by atoms with Crippen molar-refractivity contribution in [3.05, 3.63) is 71.1 Å². The quantitative estimate of drug-likeness (QED) is 0.424. The molecule has 0 radical (unpaired) electrons. The molecule has 1 unspecified atom stereocenters. The Morgan fingerprint density at radius 1 is 1.15 bits per heavy atom. The third kappa shape index (κ3) is 3.65. The predicted molar refractivity (Wildman–Crippen MR) is 140 cm³/mol. The molecule has 5 rings (SSSR count). The lowest BCUT2D eigenvalue weighted by Gasteiger charge is -2.36. The van der Waals surface area contributed by atoms with Gasteiger partial charge in [0.2, 0.25) is 5.96 Å². The van der Waals surface area contributed by atoms with Gasteiger partial charge < -0.3 is 5.73 Å². The predicted octanol–water partition coefficient (Wildman–Crippen LogP) is 4.58. The highest BCUT2D eigenvalue weighted by Crippen LogP contribution is 2.44. The third-order valence-corrected chi connectivity index (χ3v) is 9.73. The average Bonchev–Trinajstić information content (AvgIpc) is 3.15. The van der Waals surface area contributed by atoms with Gasteiger partial charge in [0.15, 0.2) is 5.82 Å². The maximum Gasteiger partial charge on any atom is 0.203 e. The molecular formula is C25H24FN5OS2. The van der Waals surface area contributed by atoms with Gasteiger partial charge in [0.25, 0.3) is 0 Å². The minimum atomic E-state index is -2.71. The zero-order chi connectivity index (χ0) is 24.3. The van der Waals surface area contributed by atoms with E-state index >= 15 is 4.39 Å². The first-order chi connectivity index (χ1) is 16.1. The molecule has 0 amide bonds. The van der Waals surface area contributed by atoms with Crippen LogP contribution in [0.15, 0.2) is 59.9 Å². The summed E-state index contributed by atoms with van der Waals surface area (Å²) in [6.45, 7) is 3.71. The number of fused-ring (bicyclic) bond motifs is 1. The highest BCUT2D eigenvalue weighted by molar-refractivity contribution is 7.98. The summed E-state index contributed by atoms with van der Waals surface area (Å²) < 4.78 is 30.9. The van der Waals surface area contributed by atoms with Gasteiger partial charge in [0, 0.05) is 35.1 Å². The Morgan fingerprint density at radius 2 is 1.79 bits per heavy atom. The number of aromatic nitrogens is 2. The number of rotatable bonds is 3. The molecule has 0 bridgehead atoms. The first kappa shape index (κ1) is 22.5. The fourth-order valence-electron chi connectivity index (χ4n) is 4.18. The van der Waals surface area contributed by atoms with E-state index in [0.29, 0.717) is 16.1 Å². The molecule has 0 spiro atoms. The van der Waals surface area contributed by atoms with Crippen LogP contribution >= 0.6 is 11.3 Å². The first-order valence-corrected chi connectivity index (χ1v) is 13.3. The van der Waals surface area contributed by atoms with E-state index in [-0.39, 0.29) is 17.5 Å². The lowest BCUT2D eigenvalue weighted by molar-refractivity contribution is 0.495. The molecule has 6 nitrogen and oxygen atoms in total. The Hall–Kier alpha value is -3.30. The monoisotopic (exact) mass is 493 g/mol. The van der Waals surface area contributed by atoms with Gasteiger partial charge in [-0.05, 0) is 36.4 Å². The topological polar surface area (TPSA) is 84.5 Å². The molecule has 9 heteroatoms. The molecule has 3 heterocycles. The summed E-state index contributed by atoms with van der Waals surface area (Å²) in [6.07, 6.45) is 3.58. The van der Waals surface area contributed by atoms with Crippen molar-refractivity contribution in [1.29, 1.82) is 0 Å². The zero-order valence-electron chi connectivity index (χ0n) is 19.1. The highest BCUT2D eigenvalue weighted by Gasteiger charge is 2.40. The fraction of sp³-hybridized carbons (Fsp3) is 0.200. The molecule has 34 heavy (non-hydrogen) atoms. The van der Waals surface area contributed by atoms with E-state index in [1.165, 1.54) is 15.6 Å². The van der Waals surface area contributed by atoms with E-state index in [9.17, 15) is 4.21 Å². The molecule has 1 aliphatic rings. The van der Waals surface area contributed by atoms with Gasteiger partial charge >= 0.3 is 0 Å². The third-order valence-electron chi connectivity index (χ3n) is 6.07. The number of hydrogen-bond acceptors (Lipinski definition) is 6. The Kier molecular flexibility index (Phi) is 5.22. The van der Waals surface area contributed by atoms with Crippen molar-refractivity contribution >= 4 is 43.0 Å². The first-order valence-electron chi connectivity index (χ1n) is 10.6. The number of aliphatic imine (C=N–C) groups is 1. The summed E-state index contributed by atoms with van der Waals surface area (Å²) in [4.78, 5) is 13.7. The second-order valence-electron chi connectivity index (χ2n) is 8.75. The van der Waals surface area contributed by atoms with Crippen molar-refractivity contribution in [2.24, 2.45) is 10.7 Å². The van der Waals surface area contributed by atoms with Gasteiger partial charge in [-0.3, -0.25) is 4.31 Å². The molecule has 2 aromatic carbocycles. The number of thiophene rings is 1. The smallest absolute Gasteiger partial charge is 0.203 e. The van der Waals surface area contributed by atoms with Crippen LogP contribution in [0.25, 0.3) is 32.6 Å². The SMILES string of the molecule is C=S1(=O)C[C@@](C)(c2sc3c(-c4ccc(-c5ncc(C)cn5)cc4)cccc3c2F)N=C(N)N1C. The number of nitrogens with zero attached hydrogens (tertiary/aromatic N) is 4. The van der Waals surface area contributed by atoms with Gasteiger partial charge in [-0.15, -0.1) is 11.3 Å².